The van der Waals surface area contributed by atoms with Gasteiger partial charge in [-0.15, -0.1) is 0 Å². The van der Waals surface area contributed by atoms with Crippen molar-refractivity contribution in [2.24, 2.45) is 5.92 Å². The van der Waals surface area contributed by atoms with E-state index in [1.54, 1.807) is 0 Å². The first kappa shape index (κ1) is 24.8. The number of alkyl halides is 1. The number of anilines is 1. The normalized spacial score (nSPS) is 26.7. The van der Waals surface area contributed by atoms with Gasteiger partial charge < -0.3 is 30.5 Å². The van der Waals surface area contributed by atoms with Crippen LogP contribution >= 0.6 is 11.6 Å². The molecule has 5 atom stereocenters. The van der Waals surface area contributed by atoms with E-state index < -0.39 is 60.0 Å². The molecule has 3 aromatic rings. The second kappa shape index (κ2) is 8.33. The third kappa shape index (κ3) is 3.84. The summed E-state index contributed by atoms with van der Waals surface area (Å²) in [4.78, 5) is 47.3. The van der Waals surface area contributed by atoms with Crippen molar-refractivity contribution in [2.75, 3.05) is 5.73 Å². The van der Waals surface area contributed by atoms with Gasteiger partial charge in [0, 0.05) is 6.42 Å². The van der Waals surface area contributed by atoms with Crippen LogP contribution in [0.2, 0.25) is 5.28 Å². The van der Waals surface area contributed by atoms with Gasteiger partial charge >= 0.3 is 17.9 Å². The second-order valence-electron chi connectivity index (χ2n) is 9.03. The van der Waals surface area contributed by atoms with Crippen molar-refractivity contribution >= 4 is 46.5 Å². The van der Waals surface area contributed by atoms with Gasteiger partial charge in [0.05, 0.1) is 30.0 Å². The van der Waals surface area contributed by atoms with Gasteiger partial charge in [-0.2, -0.15) is 9.97 Å². The SMILES string of the molecule is C[C@@]1(F)C2C(OC(Cc3ccc(C(=O)O)cc3)(C(=O)O)C(=O)O)[C@H]2O[C@H]1n1cnc2c(N)nc(Cl)nc21. The van der Waals surface area contributed by atoms with Crippen LogP contribution in [0.3, 0.4) is 0 Å². The number of nitrogens with two attached hydrogens (primary N) is 1. The third-order valence-corrected chi connectivity index (χ3v) is 6.84. The fraction of sp³-hybridized carbons (Fsp3) is 0.364. The lowest BCUT2D eigenvalue weighted by atomic mass is 9.93. The first-order chi connectivity index (χ1) is 17.4. The van der Waals surface area contributed by atoms with Crippen LogP contribution < -0.4 is 5.73 Å². The lowest BCUT2D eigenvalue weighted by molar-refractivity contribution is -0.193. The average Bonchev–Trinajstić information content (AvgIpc) is 3.20. The van der Waals surface area contributed by atoms with Gasteiger partial charge in [0.1, 0.15) is 5.52 Å². The molecule has 2 unspecified atom stereocenters. The van der Waals surface area contributed by atoms with Crippen molar-refractivity contribution in [3.63, 3.8) is 0 Å². The number of carbonyl (C=O) groups is 3. The molecule has 5 rings (SSSR count). The predicted octanol–water partition coefficient (Wildman–Crippen LogP) is 1.55. The van der Waals surface area contributed by atoms with Crippen molar-refractivity contribution in [1.29, 1.82) is 0 Å². The Balaban J connectivity index is 1.40. The van der Waals surface area contributed by atoms with Crippen LogP contribution in [-0.2, 0) is 25.5 Å². The molecule has 1 saturated heterocycles. The Morgan fingerprint density at radius 3 is 2.41 bits per heavy atom. The van der Waals surface area contributed by atoms with Gasteiger partial charge in [0.15, 0.2) is 23.4 Å². The smallest absolute Gasteiger partial charge is 0.348 e. The highest BCUT2D eigenvalue weighted by Crippen LogP contribution is 2.60. The van der Waals surface area contributed by atoms with Crippen LogP contribution in [0.1, 0.15) is 29.1 Å². The quantitative estimate of drug-likeness (QED) is 0.240. The van der Waals surface area contributed by atoms with Crippen LogP contribution in [0.5, 0.6) is 0 Å². The van der Waals surface area contributed by atoms with Crippen LogP contribution in [0, 0.1) is 5.92 Å². The second-order valence-corrected chi connectivity index (χ2v) is 9.37. The number of hydrogen-bond donors (Lipinski definition) is 4. The molecule has 1 aliphatic heterocycles. The third-order valence-electron chi connectivity index (χ3n) is 6.67. The highest BCUT2D eigenvalue weighted by Gasteiger charge is 2.74. The molecule has 1 aliphatic carbocycles. The van der Waals surface area contributed by atoms with Crippen molar-refractivity contribution in [1.82, 2.24) is 19.5 Å². The topological polar surface area (TPSA) is 200 Å². The maximum atomic E-state index is 16.1. The molecular formula is C22H19ClFN5O8. The molecule has 194 valence electrons. The molecule has 0 radical (unpaired) electrons. The largest absolute Gasteiger partial charge is 0.479 e. The Labute approximate surface area is 211 Å². The van der Waals surface area contributed by atoms with E-state index in [9.17, 15) is 24.6 Å². The Kier molecular flexibility index (Phi) is 5.58. The monoisotopic (exact) mass is 535 g/mol. The van der Waals surface area contributed by atoms with Crippen molar-refractivity contribution < 1.29 is 43.6 Å². The first-order valence-electron chi connectivity index (χ1n) is 10.8. The molecule has 2 aromatic heterocycles. The summed E-state index contributed by atoms with van der Waals surface area (Å²) in [6.45, 7) is 1.22. The number of aliphatic carboxylic acids is 2. The number of benzene rings is 1. The number of hydrogen-bond acceptors (Lipinski definition) is 9. The van der Waals surface area contributed by atoms with Crippen molar-refractivity contribution in [3.05, 3.63) is 47.0 Å². The summed E-state index contributed by atoms with van der Waals surface area (Å²) in [6, 6.07) is 5.00. The number of carboxylic acid groups (broad SMARTS) is 3. The van der Waals surface area contributed by atoms with Gasteiger partial charge in [-0.05, 0) is 36.2 Å². The number of aromatic nitrogens is 4. The molecule has 13 nitrogen and oxygen atoms in total. The highest BCUT2D eigenvalue weighted by atomic mass is 35.5. The van der Waals surface area contributed by atoms with E-state index >= 15 is 4.39 Å². The number of imidazole rings is 1. The van der Waals surface area contributed by atoms with E-state index in [0.717, 1.165) is 0 Å². The summed E-state index contributed by atoms with van der Waals surface area (Å²) in [7, 11) is 0. The first-order valence-corrected chi connectivity index (χ1v) is 11.2. The molecule has 2 aliphatic rings. The number of nitrogens with zero attached hydrogens (tertiary/aromatic N) is 4. The number of rotatable bonds is 8. The molecule has 3 heterocycles. The molecule has 1 aromatic carbocycles. The zero-order chi connectivity index (χ0) is 26.9. The van der Waals surface area contributed by atoms with E-state index in [2.05, 4.69) is 15.0 Å². The molecule has 15 heteroatoms. The van der Waals surface area contributed by atoms with E-state index in [4.69, 9.17) is 31.9 Å². The van der Waals surface area contributed by atoms with Crippen LogP contribution in [0.15, 0.2) is 30.6 Å². The minimum Gasteiger partial charge on any atom is -0.479 e. The maximum absolute atomic E-state index is 16.1. The van der Waals surface area contributed by atoms with E-state index in [1.807, 2.05) is 0 Å². The van der Waals surface area contributed by atoms with Crippen molar-refractivity contribution in [2.45, 2.75) is 43.1 Å². The Morgan fingerprint density at radius 1 is 1.22 bits per heavy atom. The minimum atomic E-state index is -2.77. The molecule has 0 bridgehead atoms. The van der Waals surface area contributed by atoms with Gasteiger partial charge in [-0.1, -0.05) is 12.1 Å². The van der Waals surface area contributed by atoms with Crippen LogP contribution in [0.4, 0.5) is 10.2 Å². The molecule has 1 saturated carbocycles. The van der Waals surface area contributed by atoms with E-state index in [0.29, 0.717) is 0 Å². The Morgan fingerprint density at radius 2 is 1.86 bits per heavy atom. The zero-order valence-electron chi connectivity index (χ0n) is 18.9. The highest BCUT2D eigenvalue weighted by molar-refractivity contribution is 6.28. The van der Waals surface area contributed by atoms with Gasteiger partial charge in [0.25, 0.3) is 5.60 Å². The molecule has 5 N–H and O–H groups in total. The zero-order valence-corrected chi connectivity index (χ0v) is 19.7. The lowest BCUT2D eigenvalue weighted by Crippen LogP contribution is -2.52. The van der Waals surface area contributed by atoms with Gasteiger partial charge in [-0.3, -0.25) is 4.57 Å². The summed E-state index contributed by atoms with van der Waals surface area (Å²) in [6.07, 6.45) is -2.78. The molecule has 2 fully saturated rings. The summed E-state index contributed by atoms with van der Waals surface area (Å²) in [5.74, 6) is -5.81. The average molecular weight is 536 g/mol. The van der Waals surface area contributed by atoms with E-state index in [1.165, 1.54) is 42.1 Å². The number of halogens is 2. The molecule has 37 heavy (non-hydrogen) atoms. The van der Waals surface area contributed by atoms with Crippen LogP contribution in [-0.4, -0.2) is 76.2 Å². The fourth-order valence-electron chi connectivity index (χ4n) is 4.74. The molecule has 0 amide bonds. The van der Waals surface area contributed by atoms with Crippen LogP contribution in [0.25, 0.3) is 11.2 Å². The lowest BCUT2D eigenvalue weighted by Gasteiger charge is -2.31. The minimum absolute atomic E-state index is 0.0113. The Bertz CT molecular complexity index is 1430. The fourth-order valence-corrected chi connectivity index (χ4v) is 4.91. The Hall–Kier alpha value is -3.88. The van der Waals surface area contributed by atoms with Crippen molar-refractivity contribution in [3.8, 4) is 0 Å². The number of fused-ring (bicyclic) bond motifs is 2. The summed E-state index contributed by atoms with van der Waals surface area (Å²) in [5, 5.41) is 28.6. The predicted molar refractivity (Wildman–Crippen MR) is 122 cm³/mol. The molecular weight excluding hydrogens is 517 g/mol. The number of aromatic carboxylic acids is 1. The number of nitrogen functional groups attached to an aromatic ring is 1. The van der Waals surface area contributed by atoms with Gasteiger partial charge in [0.2, 0.25) is 5.28 Å². The summed E-state index contributed by atoms with van der Waals surface area (Å²) < 4.78 is 28.7. The van der Waals surface area contributed by atoms with E-state index in [-0.39, 0.29) is 33.4 Å². The summed E-state index contributed by atoms with van der Waals surface area (Å²) >= 11 is 5.88. The van der Waals surface area contributed by atoms with Gasteiger partial charge in [-0.25, -0.2) is 23.8 Å². The maximum Gasteiger partial charge on any atom is 0.348 e. The summed E-state index contributed by atoms with van der Waals surface area (Å²) in [5.41, 5.74) is 1.32. The standard InChI is InChI=1S/C22H19ClFN5O8/c1-21(24)10-12(36-17(21)29-7-26-11-14(25)27-20(23)28-15(11)29)13(10)37-22(18(32)33,19(34)35)6-8-2-4-9(5-3-8)16(30)31/h2-5,7,10,12-13,17H,6H2,1H3,(H,30,31)(H,32,33)(H,34,35)(H2,25,27,28)/t10?,12-,13?,17+,21+/m0/s1. The number of ether oxygens (including phenoxy) is 2. The molecule has 0 spiro atoms. The number of carboxylic acids is 3.